The second kappa shape index (κ2) is 12.0. The summed E-state index contributed by atoms with van der Waals surface area (Å²) in [6, 6.07) is 34.7. The molecule has 1 radical (unpaired) electrons. The Bertz CT molecular complexity index is 1160. The maximum absolute atomic E-state index is 4.35. The van der Waals surface area contributed by atoms with Crippen molar-refractivity contribution >= 4 is 0 Å². The van der Waals surface area contributed by atoms with Crippen molar-refractivity contribution in [1.29, 1.82) is 0 Å². The van der Waals surface area contributed by atoms with Gasteiger partial charge in [0.15, 0.2) is 0 Å². The molecule has 0 spiro atoms. The molecule has 0 amide bonds. The summed E-state index contributed by atoms with van der Waals surface area (Å²) in [7, 11) is 0. The number of benzene rings is 3. The predicted molar refractivity (Wildman–Crippen MR) is 130 cm³/mol. The summed E-state index contributed by atoms with van der Waals surface area (Å²) in [5.74, 6) is 0.704. The third-order valence-electron chi connectivity index (χ3n) is 4.87. The van der Waals surface area contributed by atoms with Crippen LogP contribution in [0.1, 0.15) is 11.1 Å². The Hall–Kier alpha value is -3.46. The van der Waals surface area contributed by atoms with E-state index in [1.54, 1.807) is 12.4 Å². The zero-order valence-corrected chi connectivity index (χ0v) is 20.9. The molecular formula is C29H23IrN3-2. The SMILES string of the molecule is Cc1c[c-]c(-c2ccc(C)cn2)cc1.[Ir].[c-]1ccc(-c2ccccc2)cc1-c1ncccn1. The molecule has 3 aromatic carbocycles. The summed E-state index contributed by atoms with van der Waals surface area (Å²) in [6.45, 7) is 4.10. The van der Waals surface area contributed by atoms with Gasteiger partial charge in [-0.1, -0.05) is 49.4 Å². The number of pyridine rings is 1. The van der Waals surface area contributed by atoms with Crippen LogP contribution in [0.2, 0.25) is 0 Å². The Labute approximate surface area is 209 Å². The number of nitrogens with zero attached hydrogens (tertiary/aromatic N) is 3. The van der Waals surface area contributed by atoms with Crippen LogP contribution in [0.15, 0.2) is 104 Å². The average Bonchev–Trinajstić information content (AvgIpc) is 2.87. The summed E-state index contributed by atoms with van der Waals surface area (Å²) < 4.78 is 0. The maximum atomic E-state index is 4.35. The molecule has 0 N–H and O–H groups in total. The quantitative estimate of drug-likeness (QED) is 0.213. The van der Waals surface area contributed by atoms with Gasteiger partial charge in [-0.05, 0) is 29.8 Å². The molecule has 0 saturated heterocycles. The summed E-state index contributed by atoms with van der Waals surface area (Å²) in [6.07, 6.45) is 5.36. The molecule has 2 aromatic heterocycles. The summed E-state index contributed by atoms with van der Waals surface area (Å²) >= 11 is 0. The number of aryl methyl sites for hydroxylation is 2. The van der Waals surface area contributed by atoms with Crippen LogP contribution in [0, 0.1) is 26.0 Å². The van der Waals surface area contributed by atoms with Crippen LogP contribution in [0.5, 0.6) is 0 Å². The fourth-order valence-electron chi connectivity index (χ4n) is 3.13. The molecule has 5 aromatic rings. The topological polar surface area (TPSA) is 38.7 Å². The first-order chi connectivity index (χ1) is 15.7. The molecule has 165 valence electrons. The Kier molecular flexibility index (Phi) is 8.77. The first-order valence-electron chi connectivity index (χ1n) is 10.4. The van der Waals surface area contributed by atoms with Crippen LogP contribution in [0.4, 0.5) is 0 Å². The van der Waals surface area contributed by atoms with Gasteiger partial charge < -0.3 is 4.98 Å². The Morgan fingerprint density at radius 1 is 0.636 bits per heavy atom. The number of rotatable bonds is 3. The van der Waals surface area contributed by atoms with E-state index in [0.29, 0.717) is 5.82 Å². The molecule has 5 rings (SSSR count). The average molecular weight is 606 g/mol. The van der Waals surface area contributed by atoms with Gasteiger partial charge in [-0.2, -0.15) is 0 Å². The van der Waals surface area contributed by atoms with Gasteiger partial charge in [0.05, 0.1) is 5.82 Å². The first kappa shape index (κ1) is 24.2. The molecule has 2 heterocycles. The van der Waals surface area contributed by atoms with E-state index >= 15 is 0 Å². The van der Waals surface area contributed by atoms with E-state index in [4.69, 9.17) is 0 Å². The van der Waals surface area contributed by atoms with E-state index in [1.807, 2.05) is 67.7 Å². The maximum Gasteiger partial charge on any atom is 0.0748 e. The van der Waals surface area contributed by atoms with Gasteiger partial charge in [0.2, 0.25) is 0 Å². The van der Waals surface area contributed by atoms with Gasteiger partial charge in [-0.25, -0.2) is 0 Å². The Morgan fingerprint density at radius 3 is 2.06 bits per heavy atom. The van der Waals surface area contributed by atoms with Gasteiger partial charge in [0.25, 0.3) is 0 Å². The zero-order valence-electron chi connectivity index (χ0n) is 18.5. The summed E-state index contributed by atoms with van der Waals surface area (Å²) in [4.78, 5) is 12.8. The van der Waals surface area contributed by atoms with Crippen molar-refractivity contribution in [3.63, 3.8) is 0 Å². The van der Waals surface area contributed by atoms with Crippen LogP contribution in [-0.4, -0.2) is 15.0 Å². The van der Waals surface area contributed by atoms with E-state index in [2.05, 4.69) is 64.3 Å². The van der Waals surface area contributed by atoms with Gasteiger partial charge in [0.1, 0.15) is 0 Å². The Balaban J connectivity index is 0.000000186. The minimum Gasteiger partial charge on any atom is -0.304 e. The largest absolute Gasteiger partial charge is 0.304 e. The first-order valence-corrected chi connectivity index (χ1v) is 10.4. The minimum atomic E-state index is 0. The summed E-state index contributed by atoms with van der Waals surface area (Å²) in [5, 5.41) is 0. The van der Waals surface area contributed by atoms with Crippen molar-refractivity contribution in [2.75, 3.05) is 0 Å². The molecule has 0 bridgehead atoms. The van der Waals surface area contributed by atoms with E-state index in [9.17, 15) is 0 Å². The fourth-order valence-corrected chi connectivity index (χ4v) is 3.13. The minimum absolute atomic E-state index is 0. The molecule has 33 heavy (non-hydrogen) atoms. The van der Waals surface area contributed by atoms with Crippen LogP contribution in [0.3, 0.4) is 0 Å². The molecule has 0 atom stereocenters. The molecule has 0 aliphatic carbocycles. The molecule has 0 fully saturated rings. The van der Waals surface area contributed by atoms with Crippen LogP contribution in [-0.2, 0) is 20.1 Å². The molecule has 0 unspecified atom stereocenters. The smallest absolute Gasteiger partial charge is 0.0748 e. The Morgan fingerprint density at radius 2 is 1.39 bits per heavy atom. The third-order valence-corrected chi connectivity index (χ3v) is 4.87. The molecular weight excluding hydrogens is 583 g/mol. The van der Waals surface area contributed by atoms with Crippen molar-refractivity contribution in [3.8, 4) is 33.8 Å². The third kappa shape index (κ3) is 6.76. The van der Waals surface area contributed by atoms with E-state index in [1.165, 1.54) is 16.7 Å². The number of aromatic nitrogens is 3. The van der Waals surface area contributed by atoms with Crippen LogP contribution >= 0.6 is 0 Å². The van der Waals surface area contributed by atoms with Gasteiger partial charge in [-0.3, -0.25) is 9.97 Å². The zero-order chi connectivity index (χ0) is 22.2. The number of hydrogen-bond donors (Lipinski definition) is 0. The monoisotopic (exact) mass is 606 g/mol. The van der Waals surface area contributed by atoms with Crippen molar-refractivity contribution in [3.05, 3.63) is 127 Å². The fraction of sp³-hybridized carbons (Fsp3) is 0.0690. The second-order valence-corrected chi connectivity index (χ2v) is 7.43. The standard InChI is InChI=1S/C16H11N2.C13H12N.Ir/c1-2-6-13(7-3-1)14-8-4-9-15(12-14)16-17-10-5-11-18-16;1-10-3-6-12(7-4-10)13-8-5-11(2)9-14-13;/h1-8,10-12H;3-6,8-9H,1-2H3;/q2*-1;. The van der Waals surface area contributed by atoms with E-state index < -0.39 is 0 Å². The second-order valence-electron chi connectivity index (χ2n) is 7.43. The number of hydrogen-bond acceptors (Lipinski definition) is 3. The molecule has 0 aliphatic rings. The van der Waals surface area contributed by atoms with Crippen LogP contribution in [0.25, 0.3) is 33.8 Å². The van der Waals surface area contributed by atoms with Gasteiger partial charge in [-0.15, -0.1) is 70.8 Å². The van der Waals surface area contributed by atoms with Gasteiger partial charge in [0, 0.05) is 38.7 Å². The van der Waals surface area contributed by atoms with Crippen LogP contribution < -0.4 is 0 Å². The molecule has 0 saturated carbocycles. The van der Waals surface area contributed by atoms with Crippen molar-refractivity contribution in [2.24, 2.45) is 0 Å². The van der Waals surface area contributed by atoms with Crippen molar-refractivity contribution in [2.45, 2.75) is 13.8 Å². The summed E-state index contributed by atoms with van der Waals surface area (Å²) in [5.41, 5.74) is 7.69. The predicted octanol–water partition coefficient (Wildman–Crippen LogP) is 6.77. The normalized spacial score (nSPS) is 9.88. The van der Waals surface area contributed by atoms with E-state index in [0.717, 1.165) is 22.4 Å². The van der Waals surface area contributed by atoms with Crippen molar-refractivity contribution in [1.82, 2.24) is 15.0 Å². The molecule has 3 nitrogen and oxygen atoms in total. The van der Waals surface area contributed by atoms with Gasteiger partial charge >= 0.3 is 0 Å². The van der Waals surface area contributed by atoms with E-state index in [-0.39, 0.29) is 20.1 Å². The van der Waals surface area contributed by atoms with Crippen molar-refractivity contribution < 1.29 is 20.1 Å². The molecule has 4 heteroatoms. The molecule has 0 aliphatic heterocycles.